The molecule has 2 aromatic carbocycles. The predicted molar refractivity (Wildman–Crippen MR) is 81.0 cm³/mol. The number of carboxylic acids is 1. The molecule has 0 spiro atoms. The zero-order valence-corrected chi connectivity index (χ0v) is 11.7. The van der Waals surface area contributed by atoms with Gasteiger partial charge >= 0.3 is 5.97 Å². The molecule has 5 nitrogen and oxygen atoms in total. The molecule has 5 heteroatoms. The van der Waals surface area contributed by atoms with Crippen LogP contribution in [0.5, 0.6) is 5.75 Å². The quantitative estimate of drug-likeness (QED) is 0.757. The fourth-order valence-electron chi connectivity index (χ4n) is 2.57. The highest BCUT2D eigenvalue weighted by Gasteiger charge is 2.43. The van der Waals surface area contributed by atoms with E-state index in [1.807, 2.05) is 30.3 Å². The first-order valence-electron chi connectivity index (χ1n) is 6.98. The molecular weight excluding hydrogens is 282 g/mol. The number of nitrogens with one attached hydrogen (secondary N) is 1. The lowest BCUT2D eigenvalue weighted by Gasteiger charge is -2.07. The summed E-state index contributed by atoms with van der Waals surface area (Å²) in [6.07, 6.45) is 0.791. The first-order valence-corrected chi connectivity index (χ1v) is 6.98. The molecule has 1 aliphatic rings. The van der Waals surface area contributed by atoms with E-state index >= 15 is 0 Å². The van der Waals surface area contributed by atoms with Crippen molar-refractivity contribution in [2.75, 3.05) is 5.32 Å². The minimum atomic E-state index is -1.23. The predicted octanol–water partition coefficient (Wildman–Crippen LogP) is 2.83. The van der Waals surface area contributed by atoms with Gasteiger partial charge in [-0.1, -0.05) is 30.3 Å². The van der Waals surface area contributed by atoms with Crippen LogP contribution >= 0.6 is 0 Å². The van der Waals surface area contributed by atoms with E-state index in [0.717, 1.165) is 12.0 Å². The average Bonchev–Trinajstić information content (AvgIpc) is 3.30. The zero-order valence-electron chi connectivity index (χ0n) is 11.7. The molecule has 0 aromatic heterocycles. The molecule has 3 N–H and O–H groups in total. The molecule has 0 aliphatic heterocycles. The monoisotopic (exact) mass is 297 g/mol. The minimum Gasteiger partial charge on any atom is -0.507 e. The lowest BCUT2D eigenvalue weighted by molar-refractivity contribution is -0.117. The summed E-state index contributed by atoms with van der Waals surface area (Å²) < 4.78 is 0. The summed E-state index contributed by atoms with van der Waals surface area (Å²) in [6.45, 7) is 0. The van der Waals surface area contributed by atoms with Crippen molar-refractivity contribution in [3.05, 3.63) is 59.7 Å². The molecule has 0 unspecified atom stereocenters. The van der Waals surface area contributed by atoms with E-state index in [2.05, 4.69) is 5.32 Å². The maximum Gasteiger partial charge on any atom is 0.339 e. The van der Waals surface area contributed by atoms with Crippen LogP contribution in [-0.4, -0.2) is 22.1 Å². The summed E-state index contributed by atoms with van der Waals surface area (Å²) in [5.74, 6) is -1.56. The largest absolute Gasteiger partial charge is 0.507 e. The van der Waals surface area contributed by atoms with Crippen molar-refractivity contribution in [2.45, 2.75) is 12.3 Å². The number of hydrogen-bond donors (Lipinski definition) is 3. The first-order chi connectivity index (χ1) is 10.6. The zero-order chi connectivity index (χ0) is 15.7. The molecule has 0 bridgehead atoms. The van der Waals surface area contributed by atoms with Crippen LogP contribution in [-0.2, 0) is 4.79 Å². The van der Waals surface area contributed by atoms with Gasteiger partial charge in [0.15, 0.2) is 0 Å². The third-order valence-electron chi connectivity index (χ3n) is 3.85. The van der Waals surface area contributed by atoms with Gasteiger partial charge in [0.05, 0.1) is 0 Å². The SMILES string of the molecule is O=C(O)c1cc(NC(=O)[C@@H]2C[C@H]2c2ccccc2)ccc1O. The van der Waals surface area contributed by atoms with Crippen LogP contribution in [0, 0.1) is 5.92 Å². The molecule has 0 saturated heterocycles. The van der Waals surface area contributed by atoms with Gasteiger partial charge in [-0.2, -0.15) is 0 Å². The smallest absolute Gasteiger partial charge is 0.339 e. The van der Waals surface area contributed by atoms with Gasteiger partial charge in [0.1, 0.15) is 11.3 Å². The average molecular weight is 297 g/mol. The molecule has 112 valence electrons. The molecular formula is C17H15NO4. The molecule has 1 amide bonds. The van der Waals surface area contributed by atoms with E-state index in [9.17, 15) is 14.7 Å². The summed E-state index contributed by atoms with van der Waals surface area (Å²) in [5.41, 5.74) is 1.28. The number of amides is 1. The van der Waals surface area contributed by atoms with Crippen LogP contribution in [0.2, 0.25) is 0 Å². The lowest BCUT2D eigenvalue weighted by Crippen LogP contribution is -2.15. The fourth-order valence-corrected chi connectivity index (χ4v) is 2.57. The van der Waals surface area contributed by atoms with Gasteiger partial charge < -0.3 is 15.5 Å². The van der Waals surface area contributed by atoms with Gasteiger partial charge in [-0.15, -0.1) is 0 Å². The van der Waals surface area contributed by atoms with Crippen molar-refractivity contribution < 1.29 is 19.8 Å². The second-order valence-corrected chi connectivity index (χ2v) is 5.39. The highest BCUT2D eigenvalue weighted by Crippen LogP contribution is 2.47. The number of carboxylic acid groups (broad SMARTS) is 1. The van der Waals surface area contributed by atoms with E-state index in [1.165, 1.54) is 18.2 Å². The van der Waals surface area contributed by atoms with E-state index in [4.69, 9.17) is 5.11 Å². The third-order valence-corrected chi connectivity index (χ3v) is 3.85. The normalized spacial score (nSPS) is 19.5. The highest BCUT2D eigenvalue weighted by atomic mass is 16.4. The summed E-state index contributed by atoms with van der Waals surface area (Å²) in [5, 5.41) is 21.1. The van der Waals surface area contributed by atoms with Crippen LogP contribution in [0.1, 0.15) is 28.3 Å². The van der Waals surface area contributed by atoms with Crippen molar-refractivity contribution in [1.29, 1.82) is 0 Å². The molecule has 1 fully saturated rings. The van der Waals surface area contributed by atoms with Crippen molar-refractivity contribution in [2.24, 2.45) is 5.92 Å². The first kappa shape index (κ1) is 14.1. The van der Waals surface area contributed by atoms with Crippen molar-refractivity contribution in [1.82, 2.24) is 0 Å². The Hall–Kier alpha value is -2.82. The van der Waals surface area contributed by atoms with Crippen LogP contribution in [0.3, 0.4) is 0 Å². The topological polar surface area (TPSA) is 86.6 Å². The van der Waals surface area contributed by atoms with Crippen LogP contribution in [0.15, 0.2) is 48.5 Å². The Morgan fingerprint density at radius 1 is 1.09 bits per heavy atom. The van der Waals surface area contributed by atoms with Gasteiger partial charge in [-0.05, 0) is 36.1 Å². The van der Waals surface area contributed by atoms with Crippen molar-refractivity contribution in [3.8, 4) is 5.75 Å². The third kappa shape index (κ3) is 2.79. The van der Waals surface area contributed by atoms with Gasteiger partial charge in [-0.3, -0.25) is 4.79 Å². The molecule has 2 aromatic rings. The molecule has 1 saturated carbocycles. The minimum absolute atomic E-state index is 0.0931. The number of hydrogen-bond acceptors (Lipinski definition) is 3. The van der Waals surface area contributed by atoms with Crippen LogP contribution in [0.25, 0.3) is 0 Å². The summed E-state index contributed by atoms with van der Waals surface area (Å²) in [4.78, 5) is 23.2. The van der Waals surface area contributed by atoms with Crippen molar-refractivity contribution in [3.63, 3.8) is 0 Å². The van der Waals surface area contributed by atoms with E-state index in [-0.39, 0.29) is 29.1 Å². The Balaban J connectivity index is 1.69. The standard InChI is InChI=1S/C17H15NO4/c19-15-7-6-11(8-14(15)17(21)22)18-16(20)13-9-12(13)10-4-2-1-3-5-10/h1-8,12-13,19H,9H2,(H,18,20)(H,21,22)/t12-,13+/m0/s1. The lowest BCUT2D eigenvalue weighted by atomic mass is 10.1. The van der Waals surface area contributed by atoms with Gasteiger partial charge in [0.25, 0.3) is 0 Å². The maximum absolute atomic E-state index is 12.2. The molecule has 22 heavy (non-hydrogen) atoms. The Morgan fingerprint density at radius 2 is 1.82 bits per heavy atom. The Labute approximate surface area is 127 Å². The number of phenols is 1. The number of anilines is 1. The van der Waals surface area contributed by atoms with E-state index < -0.39 is 5.97 Å². The summed E-state index contributed by atoms with van der Waals surface area (Å²) in [7, 11) is 0. The van der Waals surface area contributed by atoms with E-state index in [1.54, 1.807) is 0 Å². The second kappa shape index (κ2) is 5.52. The molecule has 0 radical (unpaired) electrons. The van der Waals surface area contributed by atoms with E-state index in [0.29, 0.717) is 5.69 Å². The fraction of sp³-hybridized carbons (Fsp3) is 0.176. The van der Waals surface area contributed by atoms with Crippen LogP contribution < -0.4 is 5.32 Å². The number of carbonyl (C=O) groups excluding carboxylic acids is 1. The number of benzene rings is 2. The molecule has 1 aliphatic carbocycles. The summed E-state index contributed by atoms with van der Waals surface area (Å²) in [6, 6.07) is 13.8. The van der Waals surface area contributed by atoms with Gasteiger partial charge in [0.2, 0.25) is 5.91 Å². The molecule has 0 heterocycles. The summed E-state index contributed by atoms with van der Waals surface area (Å²) >= 11 is 0. The Kier molecular flexibility index (Phi) is 3.55. The van der Waals surface area contributed by atoms with Crippen molar-refractivity contribution >= 4 is 17.6 Å². The highest BCUT2D eigenvalue weighted by molar-refractivity contribution is 5.97. The maximum atomic E-state index is 12.2. The molecule has 2 atom stereocenters. The van der Waals surface area contributed by atoms with Gasteiger partial charge in [-0.25, -0.2) is 4.79 Å². The second-order valence-electron chi connectivity index (χ2n) is 5.39. The number of aromatic carboxylic acids is 1. The number of aromatic hydroxyl groups is 1. The number of carbonyl (C=O) groups is 2. The van der Waals surface area contributed by atoms with Gasteiger partial charge in [0, 0.05) is 11.6 Å². The Morgan fingerprint density at radius 3 is 2.50 bits per heavy atom. The van der Waals surface area contributed by atoms with Crippen LogP contribution in [0.4, 0.5) is 5.69 Å². The Bertz CT molecular complexity index is 727. The molecule has 3 rings (SSSR count). The number of rotatable bonds is 4.